The molecule has 3 nitrogen and oxygen atoms in total. The third kappa shape index (κ3) is 7.57. The monoisotopic (exact) mass is 420 g/mol. The Morgan fingerprint density at radius 1 is 0.710 bits per heavy atom. The predicted molar refractivity (Wildman–Crippen MR) is 130 cm³/mol. The normalized spacial score (nSPS) is 11.1. The number of carbonyl (C=O) groups excluding carboxylic acids is 1. The average Bonchev–Trinajstić information content (AvgIpc) is 2.78. The second-order valence-electron chi connectivity index (χ2n) is 8.26. The van der Waals surface area contributed by atoms with Gasteiger partial charge in [0.15, 0.2) is 0 Å². The molecule has 0 N–H and O–H groups in total. The van der Waals surface area contributed by atoms with Crippen molar-refractivity contribution in [1.29, 1.82) is 0 Å². The van der Waals surface area contributed by atoms with Crippen molar-refractivity contribution in [2.45, 2.75) is 71.1 Å². The van der Waals surface area contributed by atoms with E-state index in [-0.39, 0.29) is 5.97 Å². The van der Waals surface area contributed by atoms with Crippen LogP contribution in [0.5, 0.6) is 5.75 Å². The zero-order valence-corrected chi connectivity index (χ0v) is 18.9. The maximum Gasteiger partial charge on any atom is 0.305 e. The first kappa shape index (κ1) is 23.1. The third-order valence-corrected chi connectivity index (χ3v) is 5.79. The maximum atomic E-state index is 11.3. The van der Waals surface area contributed by atoms with E-state index in [4.69, 9.17) is 9.47 Å². The van der Waals surface area contributed by atoms with Crippen LogP contribution in [0, 0.1) is 0 Å². The van der Waals surface area contributed by atoms with Crippen molar-refractivity contribution in [1.82, 2.24) is 0 Å². The lowest BCUT2D eigenvalue weighted by Gasteiger charge is -2.10. The molecule has 3 rings (SSSR count). The molecule has 0 heterocycles. The molecule has 3 heteroatoms. The lowest BCUT2D eigenvalue weighted by molar-refractivity contribution is -0.143. The van der Waals surface area contributed by atoms with Crippen LogP contribution >= 0.6 is 0 Å². The van der Waals surface area contributed by atoms with Crippen LogP contribution in [0.4, 0.5) is 0 Å². The summed E-state index contributed by atoms with van der Waals surface area (Å²) in [5, 5.41) is 4.96. The Balaban J connectivity index is 1.27. The lowest BCUT2D eigenvalue weighted by Crippen LogP contribution is -2.03. The van der Waals surface area contributed by atoms with E-state index in [1.807, 2.05) is 6.92 Å². The molecule has 0 atom stereocenters. The number of carbonyl (C=O) groups is 1. The Morgan fingerprint density at radius 2 is 1.32 bits per heavy atom. The Labute approximate surface area is 186 Å². The van der Waals surface area contributed by atoms with Gasteiger partial charge < -0.3 is 9.47 Å². The number of hydrogen-bond acceptors (Lipinski definition) is 3. The van der Waals surface area contributed by atoms with Gasteiger partial charge in [-0.05, 0) is 54.1 Å². The number of unbranched alkanes of at least 4 members (excludes halogenated alkanes) is 8. The molecule has 0 aliphatic rings. The molecule has 0 bridgehead atoms. The van der Waals surface area contributed by atoms with Gasteiger partial charge in [-0.25, -0.2) is 0 Å². The smallest absolute Gasteiger partial charge is 0.305 e. The molecular weight excluding hydrogens is 384 g/mol. The molecule has 0 radical (unpaired) electrons. The number of rotatable bonds is 14. The van der Waals surface area contributed by atoms with E-state index in [1.165, 1.54) is 60.1 Å². The number of esters is 1. The molecule has 0 spiro atoms. The van der Waals surface area contributed by atoms with E-state index < -0.39 is 0 Å². The molecule has 3 aromatic rings. The summed E-state index contributed by atoms with van der Waals surface area (Å²) in [6, 6.07) is 19.3. The minimum Gasteiger partial charge on any atom is -0.493 e. The van der Waals surface area contributed by atoms with Gasteiger partial charge in [-0.3, -0.25) is 4.79 Å². The van der Waals surface area contributed by atoms with Crippen LogP contribution in [0.3, 0.4) is 0 Å². The molecular formula is C28H36O3. The Morgan fingerprint density at radius 3 is 2.03 bits per heavy atom. The molecule has 166 valence electrons. The van der Waals surface area contributed by atoms with E-state index in [9.17, 15) is 4.79 Å². The fourth-order valence-electron chi connectivity index (χ4n) is 4.09. The second-order valence-corrected chi connectivity index (χ2v) is 8.26. The summed E-state index contributed by atoms with van der Waals surface area (Å²) >= 11 is 0. The van der Waals surface area contributed by atoms with E-state index in [1.54, 1.807) is 0 Å². The molecule has 0 saturated heterocycles. The highest BCUT2D eigenvalue weighted by Crippen LogP contribution is 2.30. The van der Waals surface area contributed by atoms with Gasteiger partial charge in [0.05, 0.1) is 13.2 Å². The van der Waals surface area contributed by atoms with Crippen LogP contribution in [0.1, 0.15) is 71.1 Å². The van der Waals surface area contributed by atoms with Gasteiger partial charge in [-0.1, -0.05) is 81.3 Å². The van der Waals surface area contributed by atoms with E-state index >= 15 is 0 Å². The fourth-order valence-corrected chi connectivity index (χ4v) is 4.09. The zero-order valence-electron chi connectivity index (χ0n) is 18.9. The SMILES string of the molecule is CCOC(=O)CCCCCCCCCCCOc1cccc2cc3ccccc3cc12. The second kappa shape index (κ2) is 13.0. The van der Waals surface area contributed by atoms with Crippen molar-refractivity contribution in [3.8, 4) is 5.75 Å². The topological polar surface area (TPSA) is 35.5 Å². The van der Waals surface area contributed by atoms with Crippen molar-refractivity contribution in [3.05, 3.63) is 54.6 Å². The minimum absolute atomic E-state index is 0.0541. The van der Waals surface area contributed by atoms with Crippen LogP contribution < -0.4 is 4.74 Å². The minimum atomic E-state index is -0.0541. The molecule has 0 aliphatic heterocycles. The van der Waals surface area contributed by atoms with Crippen LogP contribution in [0.2, 0.25) is 0 Å². The summed E-state index contributed by atoms with van der Waals surface area (Å²) in [6.45, 7) is 3.12. The molecule has 0 unspecified atom stereocenters. The lowest BCUT2D eigenvalue weighted by atomic mass is 10.0. The van der Waals surface area contributed by atoms with Crippen molar-refractivity contribution >= 4 is 27.5 Å². The van der Waals surface area contributed by atoms with Gasteiger partial charge in [0.1, 0.15) is 5.75 Å². The van der Waals surface area contributed by atoms with Gasteiger partial charge in [0.2, 0.25) is 0 Å². The Kier molecular flexibility index (Phi) is 9.69. The van der Waals surface area contributed by atoms with Gasteiger partial charge in [-0.15, -0.1) is 0 Å². The molecule has 0 amide bonds. The highest BCUT2D eigenvalue weighted by molar-refractivity contribution is 6.00. The first-order chi connectivity index (χ1) is 15.3. The third-order valence-electron chi connectivity index (χ3n) is 5.79. The highest BCUT2D eigenvalue weighted by Gasteiger charge is 2.04. The van der Waals surface area contributed by atoms with E-state index in [2.05, 4.69) is 54.6 Å². The Hall–Kier alpha value is -2.55. The summed E-state index contributed by atoms with van der Waals surface area (Å²) in [6.07, 6.45) is 11.3. The molecule has 0 fully saturated rings. The first-order valence-electron chi connectivity index (χ1n) is 12.0. The number of ether oxygens (including phenoxy) is 2. The predicted octanol–water partition coefficient (Wildman–Crippen LogP) is 7.84. The number of fused-ring (bicyclic) bond motifs is 2. The zero-order chi connectivity index (χ0) is 21.7. The summed E-state index contributed by atoms with van der Waals surface area (Å²) in [7, 11) is 0. The van der Waals surface area contributed by atoms with E-state index in [0.717, 1.165) is 31.6 Å². The first-order valence-corrected chi connectivity index (χ1v) is 12.0. The van der Waals surface area contributed by atoms with Gasteiger partial charge in [-0.2, -0.15) is 0 Å². The van der Waals surface area contributed by atoms with Crippen molar-refractivity contribution in [2.75, 3.05) is 13.2 Å². The van der Waals surface area contributed by atoms with Crippen LogP contribution in [-0.4, -0.2) is 19.2 Å². The summed E-state index contributed by atoms with van der Waals surface area (Å²) in [5.41, 5.74) is 0. The maximum absolute atomic E-state index is 11.3. The quantitative estimate of drug-likeness (QED) is 0.151. The van der Waals surface area contributed by atoms with Gasteiger partial charge in [0.25, 0.3) is 0 Å². The van der Waals surface area contributed by atoms with Gasteiger partial charge in [0, 0.05) is 11.8 Å². The van der Waals surface area contributed by atoms with Crippen LogP contribution in [0.25, 0.3) is 21.5 Å². The number of hydrogen-bond donors (Lipinski definition) is 0. The molecule has 0 aromatic heterocycles. The van der Waals surface area contributed by atoms with Crippen molar-refractivity contribution in [3.63, 3.8) is 0 Å². The molecule has 0 aliphatic carbocycles. The summed E-state index contributed by atoms with van der Waals surface area (Å²) in [5.74, 6) is 0.938. The fraction of sp³-hybridized carbons (Fsp3) is 0.464. The molecule has 3 aromatic carbocycles. The largest absolute Gasteiger partial charge is 0.493 e. The number of benzene rings is 3. The average molecular weight is 421 g/mol. The van der Waals surface area contributed by atoms with Crippen LogP contribution in [-0.2, 0) is 9.53 Å². The Bertz CT molecular complexity index is 947. The van der Waals surface area contributed by atoms with E-state index in [0.29, 0.717) is 13.0 Å². The standard InChI is InChI=1S/C28H36O3/c1-2-30-28(29)19-10-8-6-4-3-5-7-9-13-20-31-27-18-14-17-25-21-23-15-11-12-16-24(23)22-26(25)27/h11-12,14-18,21-22H,2-10,13,19-20H2,1H3. The van der Waals surface area contributed by atoms with Crippen LogP contribution in [0.15, 0.2) is 54.6 Å². The summed E-state index contributed by atoms with van der Waals surface area (Å²) < 4.78 is 11.1. The van der Waals surface area contributed by atoms with Crippen molar-refractivity contribution in [2.24, 2.45) is 0 Å². The highest BCUT2D eigenvalue weighted by atomic mass is 16.5. The van der Waals surface area contributed by atoms with Gasteiger partial charge >= 0.3 is 5.97 Å². The van der Waals surface area contributed by atoms with Crippen molar-refractivity contribution < 1.29 is 14.3 Å². The molecule has 31 heavy (non-hydrogen) atoms. The summed E-state index contributed by atoms with van der Waals surface area (Å²) in [4.78, 5) is 11.3. The molecule has 0 saturated carbocycles.